The molecule has 3 N–H and O–H groups in total. The fourth-order valence-corrected chi connectivity index (χ4v) is 1.86. The van der Waals surface area contributed by atoms with Crippen molar-refractivity contribution in [3.05, 3.63) is 65.2 Å². The third-order valence-electron chi connectivity index (χ3n) is 3.14. The summed E-state index contributed by atoms with van der Waals surface area (Å²) in [5, 5.41) is 9.78. The number of hydrazine groups is 1. The zero-order valence-corrected chi connectivity index (χ0v) is 12.9. The van der Waals surface area contributed by atoms with Gasteiger partial charge in [0, 0.05) is 5.56 Å². The highest BCUT2D eigenvalue weighted by Crippen LogP contribution is 2.21. The maximum absolute atomic E-state index is 11.8. The molecular weight excluding hydrogens is 312 g/mol. The highest BCUT2D eigenvalue weighted by molar-refractivity contribution is 5.96. The zero-order valence-electron chi connectivity index (χ0n) is 12.9. The molecule has 24 heavy (non-hydrogen) atoms. The number of carbonyl (C=O) groups is 3. The maximum Gasteiger partial charge on any atom is 0.342 e. The first-order chi connectivity index (χ1) is 11.5. The zero-order chi connectivity index (χ0) is 17.5. The van der Waals surface area contributed by atoms with Gasteiger partial charge in [-0.3, -0.25) is 20.4 Å². The molecule has 7 nitrogen and oxygen atoms in total. The Labute approximate surface area is 138 Å². The first-order valence-electron chi connectivity index (χ1n) is 7.09. The van der Waals surface area contributed by atoms with Gasteiger partial charge in [0.15, 0.2) is 6.61 Å². The number of nitrogens with one attached hydrogen (secondary N) is 2. The van der Waals surface area contributed by atoms with Crippen molar-refractivity contribution in [1.82, 2.24) is 10.9 Å². The van der Waals surface area contributed by atoms with Crippen LogP contribution in [0.2, 0.25) is 0 Å². The van der Waals surface area contributed by atoms with Crippen molar-refractivity contribution in [1.29, 1.82) is 0 Å². The van der Waals surface area contributed by atoms with Crippen LogP contribution in [0.15, 0.2) is 48.5 Å². The topological polar surface area (TPSA) is 105 Å². The normalized spacial score (nSPS) is 9.88. The molecule has 0 aliphatic carbocycles. The number of phenols is 1. The quantitative estimate of drug-likeness (QED) is 0.580. The molecule has 124 valence electrons. The first kappa shape index (κ1) is 17.0. The predicted octanol–water partition coefficient (Wildman–Crippen LogP) is 1.32. The molecule has 0 fully saturated rings. The van der Waals surface area contributed by atoms with Crippen molar-refractivity contribution >= 4 is 17.8 Å². The lowest BCUT2D eigenvalue weighted by atomic mass is 10.1. The summed E-state index contributed by atoms with van der Waals surface area (Å²) in [5.41, 5.74) is 5.20. The second-order valence-corrected chi connectivity index (χ2v) is 4.92. The fourth-order valence-electron chi connectivity index (χ4n) is 1.86. The second kappa shape index (κ2) is 7.77. The lowest BCUT2D eigenvalue weighted by molar-refractivity contribution is -0.125. The van der Waals surface area contributed by atoms with Gasteiger partial charge in [-0.15, -0.1) is 0 Å². The number of benzene rings is 2. The molecule has 2 aromatic rings. The molecule has 0 atom stereocenters. The average Bonchev–Trinajstić information content (AvgIpc) is 2.60. The molecule has 0 aliphatic rings. The minimum atomic E-state index is -0.833. The molecule has 0 unspecified atom stereocenters. The van der Waals surface area contributed by atoms with Gasteiger partial charge < -0.3 is 9.84 Å². The predicted molar refractivity (Wildman–Crippen MR) is 85.2 cm³/mol. The number of phenolic OH excluding ortho intramolecular Hbond substituents is 1. The summed E-state index contributed by atoms with van der Waals surface area (Å²) in [6, 6.07) is 12.9. The van der Waals surface area contributed by atoms with Crippen LogP contribution in [0.4, 0.5) is 0 Å². The van der Waals surface area contributed by atoms with Gasteiger partial charge in [0.05, 0.1) is 0 Å². The third kappa shape index (κ3) is 4.33. The van der Waals surface area contributed by atoms with Gasteiger partial charge in [-0.05, 0) is 30.7 Å². The molecule has 7 heteroatoms. The van der Waals surface area contributed by atoms with E-state index in [0.717, 1.165) is 0 Å². The van der Waals surface area contributed by atoms with Crippen LogP contribution in [-0.2, 0) is 9.53 Å². The fraction of sp³-hybridized carbons (Fsp3) is 0.118. The van der Waals surface area contributed by atoms with E-state index in [4.69, 9.17) is 4.74 Å². The number of aryl methyl sites for hydroxylation is 1. The number of para-hydroxylation sites is 1. The van der Waals surface area contributed by atoms with Gasteiger partial charge in [0.25, 0.3) is 11.8 Å². The van der Waals surface area contributed by atoms with Crippen LogP contribution in [0.25, 0.3) is 0 Å². The highest BCUT2D eigenvalue weighted by Gasteiger charge is 2.15. The summed E-state index contributed by atoms with van der Waals surface area (Å²) in [4.78, 5) is 35.2. The van der Waals surface area contributed by atoms with E-state index in [-0.39, 0.29) is 11.3 Å². The second-order valence-electron chi connectivity index (χ2n) is 4.92. The van der Waals surface area contributed by atoms with Crippen molar-refractivity contribution in [3.8, 4) is 5.75 Å². The van der Waals surface area contributed by atoms with E-state index in [2.05, 4.69) is 10.9 Å². The largest absolute Gasteiger partial charge is 0.507 e. The molecule has 2 aromatic carbocycles. The Morgan fingerprint density at radius 2 is 1.71 bits per heavy atom. The standard InChI is InChI=1S/C17H16N2O5/c1-11-6-5-9-13(15(11)21)17(23)24-10-14(20)18-19-16(22)12-7-3-2-4-8-12/h2-9,21H,10H2,1H3,(H,18,20)(H,19,22). The van der Waals surface area contributed by atoms with Gasteiger partial charge in [-0.2, -0.15) is 0 Å². The Bertz CT molecular complexity index is 759. The lowest BCUT2D eigenvalue weighted by Crippen LogP contribution is -2.43. The summed E-state index contributed by atoms with van der Waals surface area (Å²) in [7, 11) is 0. The van der Waals surface area contributed by atoms with Crippen LogP contribution in [0, 0.1) is 6.92 Å². The smallest absolute Gasteiger partial charge is 0.342 e. The molecule has 0 bridgehead atoms. The lowest BCUT2D eigenvalue weighted by Gasteiger charge is -2.09. The van der Waals surface area contributed by atoms with Gasteiger partial charge in [0.2, 0.25) is 0 Å². The van der Waals surface area contributed by atoms with E-state index >= 15 is 0 Å². The SMILES string of the molecule is Cc1cccc(C(=O)OCC(=O)NNC(=O)c2ccccc2)c1O. The molecule has 2 amide bonds. The van der Waals surface area contributed by atoms with Crippen LogP contribution in [0.5, 0.6) is 5.75 Å². The van der Waals surface area contributed by atoms with Crippen molar-refractivity contribution in [3.63, 3.8) is 0 Å². The number of rotatable bonds is 4. The van der Waals surface area contributed by atoms with Gasteiger partial charge in [0.1, 0.15) is 11.3 Å². The van der Waals surface area contributed by atoms with Gasteiger partial charge in [-0.1, -0.05) is 30.3 Å². The molecule has 0 heterocycles. The number of aromatic hydroxyl groups is 1. The molecule has 0 aromatic heterocycles. The van der Waals surface area contributed by atoms with Crippen molar-refractivity contribution < 1.29 is 24.2 Å². The highest BCUT2D eigenvalue weighted by atomic mass is 16.5. The van der Waals surface area contributed by atoms with E-state index in [1.54, 1.807) is 49.4 Å². The maximum atomic E-state index is 11.8. The molecule has 0 radical (unpaired) electrons. The Balaban J connectivity index is 1.82. The van der Waals surface area contributed by atoms with Gasteiger partial charge >= 0.3 is 5.97 Å². The molecule has 0 aliphatic heterocycles. The van der Waals surface area contributed by atoms with E-state index in [1.165, 1.54) is 6.07 Å². The monoisotopic (exact) mass is 328 g/mol. The van der Waals surface area contributed by atoms with E-state index in [0.29, 0.717) is 11.1 Å². The van der Waals surface area contributed by atoms with Crippen LogP contribution >= 0.6 is 0 Å². The first-order valence-corrected chi connectivity index (χ1v) is 7.09. The molecular formula is C17H16N2O5. The van der Waals surface area contributed by atoms with Crippen LogP contribution in [0.1, 0.15) is 26.3 Å². The number of ether oxygens (including phenoxy) is 1. The van der Waals surface area contributed by atoms with Crippen molar-refractivity contribution in [2.45, 2.75) is 6.92 Å². The average molecular weight is 328 g/mol. The van der Waals surface area contributed by atoms with Crippen LogP contribution in [-0.4, -0.2) is 29.5 Å². The summed E-state index contributed by atoms with van der Waals surface area (Å²) >= 11 is 0. The number of hydrogen-bond donors (Lipinski definition) is 3. The molecule has 2 rings (SSSR count). The van der Waals surface area contributed by atoms with E-state index in [9.17, 15) is 19.5 Å². The summed E-state index contributed by atoms with van der Waals surface area (Å²) < 4.78 is 4.80. The number of carbonyl (C=O) groups excluding carboxylic acids is 3. The van der Waals surface area contributed by atoms with Crippen molar-refractivity contribution in [2.24, 2.45) is 0 Å². The molecule has 0 saturated heterocycles. The van der Waals surface area contributed by atoms with Crippen molar-refractivity contribution in [2.75, 3.05) is 6.61 Å². The van der Waals surface area contributed by atoms with E-state index < -0.39 is 24.4 Å². The Morgan fingerprint density at radius 1 is 1.00 bits per heavy atom. The number of hydrogen-bond acceptors (Lipinski definition) is 5. The molecule has 0 saturated carbocycles. The summed E-state index contributed by atoms with van der Waals surface area (Å²) in [5.74, 6) is -2.23. The Hall–Kier alpha value is -3.35. The summed E-state index contributed by atoms with van der Waals surface area (Å²) in [6.07, 6.45) is 0. The van der Waals surface area contributed by atoms with Gasteiger partial charge in [-0.25, -0.2) is 4.79 Å². The van der Waals surface area contributed by atoms with Crippen LogP contribution in [0.3, 0.4) is 0 Å². The minimum absolute atomic E-state index is 0.0314. The van der Waals surface area contributed by atoms with Crippen LogP contribution < -0.4 is 10.9 Å². The number of esters is 1. The van der Waals surface area contributed by atoms with E-state index in [1.807, 2.05) is 0 Å². The minimum Gasteiger partial charge on any atom is -0.507 e. The Morgan fingerprint density at radius 3 is 2.42 bits per heavy atom. The number of amides is 2. The summed E-state index contributed by atoms with van der Waals surface area (Å²) in [6.45, 7) is 1.04. The third-order valence-corrected chi connectivity index (χ3v) is 3.14. The molecule has 0 spiro atoms. The Kier molecular flexibility index (Phi) is 5.51.